The lowest BCUT2D eigenvalue weighted by Crippen LogP contribution is -2.16. The fourth-order valence-corrected chi connectivity index (χ4v) is 2.73. The van der Waals surface area contributed by atoms with Gasteiger partial charge in [0.1, 0.15) is 17.4 Å². The summed E-state index contributed by atoms with van der Waals surface area (Å²) in [6.07, 6.45) is 8.75. The van der Waals surface area contributed by atoms with Crippen LogP contribution in [0.25, 0.3) is 6.08 Å². The van der Waals surface area contributed by atoms with Crippen molar-refractivity contribution in [2.45, 2.75) is 38.0 Å². The minimum absolute atomic E-state index is 0.428. The van der Waals surface area contributed by atoms with Gasteiger partial charge in [-0.2, -0.15) is 0 Å². The van der Waals surface area contributed by atoms with Crippen LogP contribution in [0.1, 0.15) is 47.8 Å². The van der Waals surface area contributed by atoms with Crippen molar-refractivity contribution >= 4 is 12.0 Å². The summed E-state index contributed by atoms with van der Waals surface area (Å²) in [5.74, 6) is 0.523. The van der Waals surface area contributed by atoms with Crippen LogP contribution in [-0.4, -0.2) is 11.1 Å². The maximum absolute atomic E-state index is 11.2. The minimum Gasteiger partial charge on any atom is -0.481 e. The predicted octanol–water partition coefficient (Wildman–Crippen LogP) is 2.74. The number of carbonyl (C=O) groups is 1. The quantitative estimate of drug-likeness (QED) is 0.788. The molecule has 1 aromatic heterocycles. The van der Waals surface area contributed by atoms with E-state index in [0.29, 0.717) is 6.42 Å². The Morgan fingerprint density at radius 1 is 1.44 bits per heavy atom. The topological polar surface area (TPSA) is 50.4 Å². The SMILES string of the molecule is O=C(O)C1CCCc2c1oc1c2C=CCC1. The number of furan rings is 1. The largest absolute Gasteiger partial charge is 0.481 e. The minimum atomic E-state index is -0.754. The van der Waals surface area contributed by atoms with Crippen LogP contribution in [0.15, 0.2) is 10.5 Å². The molecule has 16 heavy (non-hydrogen) atoms. The summed E-state index contributed by atoms with van der Waals surface area (Å²) in [6.45, 7) is 0. The van der Waals surface area contributed by atoms with E-state index >= 15 is 0 Å². The predicted molar refractivity (Wildman–Crippen MR) is 59.4 cm³/mol. The summed E-state index contributed by atoms with van der Waals surface area (Å²) in [5, 5.41) is 9.17. The van der Waals surface area contributed by atoms with E-state index < -0.39 is 11.9 Å². The molecule has 0 spiro atoms. The van der Waals surface area contributed by atoms with Gasteiger partial charge in [-0.25, -0.2) is 0 Å². The van der Waals surface area contributed by atoms with Gasteiger partial charge in [0.25, 0.3) is 0 Å². The molecule has 1 heterocycles. The van der Waals surface area contributed by atoms with Crippen molar-refractivity contribution in [2.75, 3.05) is 0 Å². The van der Waals surface area contributed by atoms with E-state index in [1.54, 1.807) is 0 Å². The second-order valence-electron chi connectivity index (χ2n) is 4.51. The molecule has 0 amide bonds. The van der Waals surface area contributed by atoms with E-state index in [1.165, 1.54) is 0 Å². The highest BCUT2D eigenvalue weighted by Gasteiger charge is 2.33. The molecule has 1 aromatic rings. The van der Waals surface area contributed by atoms with Crippen LogP contribution >= 0.6 is 0 Å². The first-order valence-electron chi connectivity index (χ1n) is 5.81. The Balaban J connectivity index is 2.12. The van der Waals surface area contributed by atoms with Crippen molar-refractivity contribution in [1.82, 2.24) is 0 Å². The zero-order valence-corrected chi connectivity index (χ0v) is 9.03. The van der Waals surface area contributed by atoms with Crippen LogP contribution in [0.3, 0.4) is 0 Å². The van der Waals surface area contributed by atoms with Crippen molar-refractivity contribution in [3.8, 4) is 0 Å². The molecular formula is C13H14O3. The lowest BCUT2D eigenvalue weighted by molar-refractivity contribution is -0.139. The van der Waals surface area contributed by atoms with E-state index in [2.05, 4.69) is 12.2 Å². The maximum atomic E-state index is 11.2. The number of carboxylic acid groups (broad SMARTS) is 1. The van der Waals surface area contributed by atoms with E-state index in [1.807, 2.05) is 0 Å². The Hall–Kier alpha value is -1.51. The molecule has 0 saturated carbocycles. The highest BCUT2D eigenvalue weighted by atomic mass is 16.4. The molecule has 3 rings (SSSR count). The van der Waals surface area contributed by atoms with Gasteiger partial charge in [-0.3, -0.25) is 4.79 Å². The normalized spacial score (nSPS) is 22.6. The molecule has 3 heteroatoms. The molecule has 0 bridgehead atoms. The lowest BCUT2D eigenvalue weighted by atomic mass is 9.86. The Morgan fingerprint density at radius 3 is 3.12 bits per heavy atom. The first kappa shape index (κ1) is 9.70. The fraction of sp³-hybridized carbons (Fsp3) is 0.462. The molecule has 2 aliphatic carbocycles. The number of hydrogen-bond acceptors (Lipinski definition) is 2. The van der Waals surface area contributed by atoms with Gasteiger partial charge in [-0.1, -0.05) is 12.2 Å². The molecule has 1 N–H and O–H groups in total. The third kappa shape index (κ3) is 1.31. The van der Waals surface area contributed by atoms with Crippen LogP contribution in [0.4, 0.5) is 0 Å². The van der Waals surface area contributed by atoms with Gasteiger partial charge < -0.3 is 9.52 Å². The molecule has 0 saturated heterocycles. The van der Waals surface area contributed by atoms with Crippen molar-refractivity contribution in [2.24, 2.45) is 0 Å². The van der Waals surface area contributed by atoms with Crippen molar-refractivity contribution in [3.05, 3.63) is 28.7 Å². The molecular weight excluding hydrogens is 204 g/mol. The average molecular weight is 218 g/mol. The molecule has 1 unspecified atom stereocenters. The van der Waals surface area contributed by atoms with Gasteiger partial charge in [0, 0.05) is 17.5 Å². The van der Waals surface area contributed by atoms with E-state index in [-0.39, 0.29) is 0 Å². The second-order valence-corrected chi connectivity index (χ2v) is 4.51. The van der Waals surface area contributed by atoms with Crippen LogP contribution in [0, 0.1) is 0 Å². The number of rotatable bonds is 1. The smallest absolute Gasteiger partial charge is 0.314 e. The number of carboxylic acids is 1. The number of hydrogen-bond donors (Lipinski definition) is 1. The van der Waals surface area contributed by atoms with E-state index in [0.717, 1.165) is 48.3 Å². The molecule has 1 atom stereocenters. The second kappa shape index (κ2) is 3.51. The first-order valence-corrected chi connectivity index (χ1v) is 5.81. The summed E-state index contributed by atoms with van der Waals surface area (Å²) < 4.78 is 5.77. The van der Waals surface area contributed by atoms with Crippen molar-refractivity contribution < 1.29 is 14.3 Å². The number of aliphatic carboxylic acids is 1. The number of allylic oxidation sites excluding steroid dienone is 1. The van der Waals surface area contributed by atoms with E-state index in [4.69, 9.17) is 9.52 Å². The standard InChI is InChI=1S/C13H14O3/c14-13(15)10-6-3-5-9-8-4-1-2-7-11(8)16-12(9)10/h1,4,10H,2-3,5-7H2,(H,14,15). The average Bonchev–Trinajstić information content (AvgIpc) is 2.67. The zero-order valence-electron chi connectivity index (χ0n) is 9.03. The highest BCUT2D eigenvalue weighted by molar-refractivity contribution is 5.77. The van der Waals surface area contributed by atoms with Gasteiger partial charge in [-0.05, 0) is 25.7 Å². The molecule has 84 valence electrons. The maximum Gasteiger partial charge on any atom is 0.314 e. The Morgan fingerprint density at radius 2 is 2.31 bits per heavy atom. The Kier molecular flexibility index (Phi) is 2.13. The van der Waals surface area contributed by atoms with Crippen LogP contribution in [0.2, 0.25) is 0 Å². The summed E-state index contributed by atoms with van der Waals surface area (Å²) >= 11 is 0. The molecule has 2 aliphatic rings. The molecule has 0 aliphatic heterocycles. The Bertz CT molecular complexity index is 468. The van der Waals surface area contributed by atoms with Crippen LogP contribution in [-0.2, 0) is 17.6 Å². The highest BCUT2D eigenvalue weighted by Crippen LogP contribution is 2.39. The summed E-state index contributed by atoms with van der Waals surface area (Å²) in [6, 6.07) is 0. The summed E-state index contributed by atoms with van der Waals surface area (Å²) in [7, 11) is 0. The first-order chi connectivity index (χ1) is 7.77. The molecule has 0 aromatic carbocycles. The van der Waals surface area contributed by atoms with Gasteiger partial charge >= 0.3 is 5.97 Å². The van der Waals surface area contributed by atoms with Gasteiger partial charge in [0.2, 0.25) is 0 Å². The molecule has 0 fully saturated rings. The summed E-state index contributed by atoms with van der Waals surface area (Å²) in [4.78, 5) is 11.2. The van der Waals surface area contributed by atoms with Crippen LogP contribution < -0.4 is 0 Å². The lowest BCUT2D eigenvalue weighted by Gasteiger charge is -2.17. The zero-order chi connectivity index (χ0) is 11.1. The van der Waals surface area contributed by atoms with Crippen LogP contribution in [0.5, 0.6) is 0 Å². The Labute approximate surface area is 93.8 Å². The number of fused-ring (bicyclic) bond motifs is 3. The van der Waals surface area contributed by atoms with E-state index in [9.17, 15) is 4.79 Å². The monoisotopic (exact) mass is 218 g/mol. The number of aryl methyl sites for hydroxylation is 1. The van der Waals surface area contributed by atoms with Crippen molar-refractivity contribution in [1.29, 1.82) is 0 Å². The van der Waals surface area contributed by atoms with Gasteiger partial charge in [-0.15, -0.1) is 0 Å². The fourth-order valence-electron chi connectivity index (χ4n) is 2.73. The van der Waals surface area contributed by atoms with Crippen molar-refractivity contribution in [3.63, 3.8) is 0 Å². The molecule has 0 radical (unpaired) electrons. The molecule has 3 nitrogen and oxygen atoms in total. The third-order valence-electron chi connectivity index (χ3n) is 3.51. The van der Waals surface area contributed by atoms with Gasteiger partial charge in [0.15, 0.2) is 0 Å². The summed E-state index contributed by atoms with van der Waals surface area (Å²) in [5.41, 5.74) is 2.30. The van der Waals surface area contributed by atoms with Gasteiger partial charge in [0.05, 0.1) is 0 Å². The third-order valence-corrected chi connectivity index (χ3v) is 3.51.